The summed E-state index contributed by atoms with van der Waals surface area (Å²) in [6.45, 7) is 2.18. The minimum Gasteiger partial charge on any atom is -0.502 e. The second-order valence-electron chi connectivity index (χ2n) is 18.6. The third-order valence-electron chi connectivity index (χ3n) is 14.8. The first kappa shape index (κ1) is 46.5. The highest BCUT2D eigenvalue weighted by Gasteiger charge is 2.56. The van der Waals surface area contributed by atoms with Crippen LogP contribution in [-0.4, -0.2) is 107 Å². The Hall–Kier alpha value is -6.62. The number of aliphatic hydroxyl groups excluding tert-OH is 2. The molecule has 13 rings (SSSR count). The van der Waals surface area contributed by atoms with Crippen LogP contribution in [0.3, 0.4) is 0 Å². The van der Waals surface area contributed by atoms with Crippen molar-refractivity contribution in [2.45, 2.75) is 81.1 Å². The topological polar surface area (TPSA) is 242 Å². The van der Waals surface area contributed by atoms with E-state index in [1.165, 1.54) is 25.6 Å². The maximum absolute atomic E-state index is 13.5. The average Bonchev–Trinajstić information content (AvgIpc) is 4.24. The van der Waals surface area contributed by atoms with E-state index in [2.05, 4.69) is 0 Å². The maximum atomic E-state index is 13.5. The van der Waals surface area contributed by atoms with Gasteiger partial charge in [-0.15, -0.1) is 11.3 Å². The average molecular weight is 1010 g/mol. The fourth-order valence-corrected chi connectivity index (χ4v) is 11.8. The molecule has 3 saturated heterocycles. The summed E-state index contributed by atoms with van der Waals surface area (Å²) in [5.41, 5.74) is 3.81. The number of fused-ring (bicyclic) bond motifs is 9. The zero-order chi connectivity index (χ0) is 49.7. The van der Waals surface area contributed by atoms with Crippen LogP contribution in [0.5, 0.6) is 28.7 Å². The van der Waals surface area contributed by atoms with Gasteiger partial charge in [-0.3, -0.25) is 9.59 Å². The summed E-state index contributed by atoms with van der Waals surface area (Å²) in [6.07, 6.45) is -7.03. The van der Waals surface area contributed by atoms with Crippen molar-refractivity contribution >= 4 is 34.2 Å². The van der Waals surface area contributed by atoms with Gasteiger partial charge < -0.3 is 72.4 Å². The first-order valence-corrected chi connectivity index (χ1v) is 24.3. The molecule has 20 heteroatoms. The molecule has 6 aromatic rings. The minimum absolute atomic E-state index is 0.0242. The van der Waals surface area contributed by atoms with E-state index in [1.807, 2.05) is 53.9 Å². The molecule has 6 aliphatic heterocycles. The lowest BCUT2D eigenvalue weighted by Gasteiger charge is -2.48. The number of phenols is 1. The molecule has 3 aromatic carbocycles. The van der Waals surface area contributed by atoms with Crippen molar-refractivity contribution in [1.29, 1.82) is 0 Å². The summed E-state index contributed by atoms with van der Waals surface area (Å²) < 4.78 is 59.3. The lowest BCUT2D eigenvalue weighted by Crippen LogP contribution is -2.62. The normalized spacial score (nSPS) is 29.3. The van der Waals surface area contributed by atoms with Gasteiger partial charge in [0, 0.05) is 28.3 Å². The van der Waals surface area contributed by atoms with E-state index in [1.54, 1.807) is 35.8 Å². The Labute approximate surface area is 413 Å². The number of cyclic esters (lactones) is 2. The van der Waals surface area contributed by atoms with Gasteiger partial charge in [-0.1, -0.05) is 31.2 Å². The van der Waals surface area contributed by atoms with Crippen LogP contribution < -0.4 is 24.5 Å². The summed E-state index contributed by atoms with van der Waals surface area (Å²) in [6, 6.07) is 22.2. The van der Waals surface area contributed by atoms with Gasteiger partial charge in [-0.2, -0.15) is 0 Å². The first-order valence-electron chi connectivity index (χ1n) is 23.5. The van der Waals surface area contributed by atoms with Crippen LogP contribution in [0.1, 0.15) is 69.9 Å². The van der Waals surface area contributed by atoms with E-state index in [4.69, 9.17) is 52.4 Å². The molecule has 19 nitrogen and oxygen atoms in total. The fourth-order valence-electron chi connectivity index (χ4n) is 11.1. The quantitative estimate of drug-likeness (QED) is 0.156. The molecule has 0 radical (unpaired) electrons. The van der Waals surface area contributed by atoms with Crippen molar-refractivity contribution in [3.63, 3.8) is 0 Å². The van der Waals surface area contributed by atoms with Crippen LogP contribution in [0, 0.1) is 11.8 Å². The van der Waals surface area contributed by atoms with Gasteiger partial charge in [0.05, 0.1) is 73.3 Å². The lowest BCUT2D eigenvalue weighted by atomic mass is 9.66. The van der Waals surface area contributed by atoms with Gasteiger partial charge in [-0.05, 0) is 77.0 Å². The number of aromatic nitrogens is 2. The molecular formula is C52H48N2O17S. The third kappa shape index (κ3) is 7.33. The second-order valence-corrected chi connectivity index (χ2v) is 19.5. The molecule has 0 spiro atoms. The molecule has 3 fully saturated rings. The van der Waals surface area contributed by atoms with Crippen LogP contribution >= 0.6 is 11.3 Å². The van der Waals surface area contributed by atoms with Crippen molar-refractivity contribution in [3.8, 4) is 40.1 Å². The van der Waals surface area contributed by atoms with Crippen LogP contribution in [0.15, 0.2) is 83.0 Å². The minimum atomic E-state index is -1.79. The number of carbonyl (C=O) groups excluding carboxylic acids is 2. The number of carbonyl (C=O) groups is 2. The number of esters is 2. The largest absolute Gasteiger partial charge is 0.502 e. The molecule has 72 heavy (non-hydrogen) atoms. The smallest absolute Gasteiger partial charge is 0.343 e. The molecule has 374 valence electrons. The molecule has 3 aromatic heterocycles. The number of benzene rings is 3. The van der Waals surface area contributed by atoms with E-state index in [9.17, 15) is 34.8 Å². The van der Waals surface area contributed by atoms with Crippen molar-refractivity contribution in [2.75, 3.05) is 34.2 Å². The molecule has 7 aliphatic rings. The number of aromatic hydroxyl groups is 1. The highest BCUT2D eigenvalue weighted by atomic mass is 32.1. The number of hydrogen-bond donors (Lipinski definition) is 4. The number of pyridine rings is 2. The highest BCUT2D eigenvalue weighted by Crippen LogP contribution is 2.57. The molecule has 11 atom stereocenters. The first-order chi connectivity index (χ1) is 34.9. The molecule has 0 saturated carbocycles. The van der Waals surface area contributed by atoms with Crippen LogP contribution in [0.4, 0.5) is 0 Å². The van der Waals surface area contributed by atoms with Gasteiger partial charge in [0.15, 0.2) is 41.2 Å². The van der Waals surface area contributed by atoms with Crippen LogP contribution in [-0.2, 0) is 56.8 Å². The Morgan fingerprint density at radius 2 is 1.64 bits per heavy atom. The van der Waals surface area contributed by atoms with Crippen molar-refractivity contribution in [3.05, 3.63) is 127 Å². The number of rotatable bonds is 7. The number of aliphatic hydroxyl groups is 3. The molecule has 3 unspecified atom stereocenters. The molecule has 1 aliphatic carbocycles. The Kier molecular flexibility index (Phi) is 11.5. The zero-order valence-corrected chi connectivity index (χ0v) is 39.7. The van der Waals surface area contributed by atoms with E-state index in [0.717, 1.165) is 27.0 Å². The monoisotopic (exact) mass is 1000 g/mol. The summed E-state index contributed by atoms with van der Waals surface area (Å²) in [5.74, 6) is -1.79. The molecule has 4 N–H and O–H groups in total. The Morgan fingerprint density at radius 3 is 2.38 bits per heavy atom. The summed E-state index contributed by atoms with van der Waals surface area (Å²) in [7, 11) is 2.86. The van der Waals surface area contributed by atoms with Crippen LogP contribution in [0.25, 0.3) is 22.3 Å². The predicted molar refractivity (Wildman–Crippen MR) is 250 cm³/mol. The third-order valence-corrected chi connectivity index (χ3v) is 15.7. The number of hydrogen-bond acceptors (Lipinski definition) is 19. The zero-order valence-electron chi connectivity index (χ0n) is 38.9. The Bertz CT molecular complexity index is 3190. The second kappa shape index (κ2) is 17.8. The van der Waals surface area contributed by atoms with E-state index < -0.39 is 78.4 Å². The maximum Gasteiger partial charge on any atom is 0.343 e. The van der Waals surface area contributed by atoms with Crippen LogP contribution in [0.2, 0.25) is 0 Å². The number of ether oxygens (including phenoxy) is 10. The Morgan fingerprint density at radius 1 is 0.875 bits per heavy atom. The van der Waals surface area contributed by atoms with Gasteiger partial charge >= 0.3 is 11.9 Å². The predicted octanol–water partition coefficient (Wildman–Crippen LogP) is 4.83. The van der Waals surface area contributed by atoms with Crippen molar-refractivity contribution < 1.29 is 77.4 Å². The Balaban J connectivity index is 0.000000172. The SMILES string of the molecule is CC[C@@]1(O)C(=O)OCc2c1cc1n(c2=O)Cc2cc3ccccc3nc2-1.COc1cc([C@@H]2c3cc4c(cc3C(O[C@@H]3O[C@@H]5COC(c6cccs6)O[C@H]5[C@H](O)[C@H]3O)C3COC(=O)[C@@H]32)OCO4)cc(OC)c1O. The van der Waals surface area contributed by atoms with Gasteiger partial charge in [-0.25, -0.2) is 9.78 Å². The van der Waals surface area contributed by atoms with E-state index >= 15 is 0 Å². The van der Waals surface area contributed by atoms with Gasteiger partial charge in [0.1, 0.15) is 31.0 Å². The highest BCUT2D eigenvalue weighted by molar-refractivity contribution is 7.10. The van der Waals surface area contributed by atoms with E-state index in [0.29, 0.717) is 51.6 Å². The molecule has 0 amide bonds. The molecular weight excluding hydrogens is 957 g/mol. The fraction of sp³-hybridized carbons (Fsp3) is 0.385. The molecule has 0 bridgehead atoms. The summed E-state index contributed by atoms with van der Waals surface area (Å²) >= 11 is 1.46. The van der Waals surface area contributed by atoms with Gasteiger partial charge in [0.2, 0.25) is 12.5 Å². The van der Waals surface area contributed by atoms with E-state index in [-0.39, 0.29) is 55.8 Å². The van der Waals surface area contributed by atoms with Crippen molar-refractivity contribution in [2.24, 2.45) is 11.8 Å². The number of phenolic OH excluding ortho intramolecular Hbond substituents is 1. The standard InChI is InChI=1S/C32H32O13S.C20H16N2O4/c1-37-19-6-13(7-20(38-2)25(19)33)23-14-8-17-18(42-12-41-17)9-15(14)28(16-10-39-30(36)24(16)23)44-32-27(35)26(34)29-21(43-32)11-40-31(45-29)22-4-3-5-46-22;1-2-20(25)14-8-16-17-12(7-11-5-3-4-6-15(11)21-17)9-22(16)18(23)13(14)10-26-19(20)24/h3-9,16,21,23-24,26-29,31-35H,10-12H2,1-2H3;3-8,25H,2,9-10H2,1H3/t16?,21-,23-,24+,26-,27-,28?,29-,31?,32+;20-/m10/s1. The number of nitrogens with zero attached hydrogens (tertiary/aromatic N) is 2. The van der Waals surface area contributed by atoms with Crippen molar-refractivity contribution in [1.82, 2.24) is 9.55 Å². The summed E-state index contributed by atoms with van der Waals surface area (Å²) in [4.78, 5) is 44.2. The number of methoxy groups -OCH3 is 2. The summed E-state index contributed by atoms with van der Waals surface area (Å²) in [5, 5.41) is 46.8. The van der Waals surface area contributed by atoms with Gasteiger partial charge in [0.25, 0.3) is 5.56 Å². The number of thiophene rings is 1. The lowest BCUT2D eigenvalue weighted by molar-refractivity contribution is -0.368. The number of para-hydroxylation sites is 1. The molecule has 9 heterocycles.